The number of hydrogen-bond acceptors (Lipinski definition) is 5. The Morgan fingerprint density at radius 2 is 0.770 bits per heavy atom. The number of esters is 1. The Balaban J connectivity index is 3.43. The van der Waals surface area contributed by atoms with Crippen molar-refractivity contribution in [2.45, 2.75) is 302 Å². The largest absolute Gasteiger partial charge is 0.466 e. The molecule has 6 heteroatoms. The van der Waals surface area contributed by atoms with Crippen LogP contribution in [0.5, 0.6) is 0 Å². The lowest BCUT2D eigenvalue weighted by molar-refractivity contribution is -0.143. The molecule has 0 rings (SSSR count). The number of unbranched alkanes of at least 4 members (excludes halogenated alkanes) is 35. The maximum Gasteiger partial charge on any atom is 0.305 e. The van der Waals surface area contributed by atoms with Gasteiger partial charge in [-0.2, -0.15) is 0 Å². The molecule has 0 aromatic carbocycles. The average Bonchev–Trinajstić information content (AvgIpc) is 3.26. The second-order valence-electron chi connectivity index (χ2n) is 18.6. The fourth-order valence-electron chi connectivity index (χ4n) is 8.28. The van der Waals surface area contributed by atoms with Crippen molar-refractivity contribution in [2.75, 3.05) is 13.2 Å². The van der Waals surface area contributed by atoms with Gasteiger partial charge in [-0.3, -0.25) is 9.59 Å². The maximum absolute atomic E-state index is 12.4. The third kappa shape index (κ3) is 47.7. The predicted molar refractivity (Wildman–Crippen MR) is 264 cm³/mol. The van der Waals surface area contributed by atoms with Gasteiger partial charge < -0.3 is 20.3 Å². The lowest BCUT2D eigenvalue weighted by atomic mass is 10.0. The summed E-state index contributed by atoms with van der Waals surface area (Å²) in [7, 11) is 0. The van der Waals surface area contributed by atoms with Crippen LogP contribution in [-0.2, 0) is 14.3 Å². The quantitative estimate of drug-likeness (QED) is 0.0322. The first-order valence-corrected chi connectivity index (χ1v) is 27.1. The topological polar surface area (TPSA) is 95.9 Å². The highest BCUT2D eigenvalue weighted by Gasteiger charge is 2.20. The predicted octanol–water partition coefficient (Wildman–Crippen LogP) is 16.3. The number of amides is 1. The summed E-state index contributed by atoms with van der Waals surface area (Å²) in [6.45, 7) is 4.91. The van der Waals surface area contributed by atoms with Crippen LogP contribution >= 0.6 is 0 Å². The van der Waals surface area contributed by atoms with Crippen LogP contribution in [0, 0.1) is 0 Å². The zero-order chi connectivity index (χ0) is 44.4. The minimum atomic E-state index is -0.673. The van der Waals surface area contributed by atoms with Crippen molar-refractivity contribution in [2.24, 2.45) is 0 Å². The van der Waals surface area contributed by atoms with Gasteiger partial charge in [-0.05, 0) is 77.0 Å². The van der Waals surface area contributed by atoms with E-state index >= 15 is 0 Å². The summed E-state index contributed by atoms with van der Waals surface area (Å²) in [5.41, 5.74) is 0. The standard InChI is InChI=1S/C55H105NO5/c1-3-5-7-9-11-13-15-16-17-18-19-23-26-29-33-37-41-45-49-55(60)61-50-46-42-38-34-30-27-24-21-20-22-25-28-32-36-40-44-48-54(59)56-52(51-57)53(58)47-43-39-35-31-14-12-10-8-6-4-2/h17-18,20,22,52-53,57-58H,3-16,19,21,23-51H2,1-2H3,(H,56,59)/b18-17-,22-20-. The Hall–Kier alpha value is -1.66. The van der Waals surface area contributed by atoms with E-state index in [1.54, 1.807) is 0 Å². The summed E-state index contributed by atoms with van der Waals surface area (Å²) in [6, 6.07) is -0.552. The molecule has 0 spiro atoms. The molecular weight excluding hydrogens is 755 g/mol. The number of aliphatic hydroxyl groups is 2. The van der Waals surface area contributed by atoms with Crippen LogP contribution < -0.4 is 5.32 Å². The zero-order valence-electron chi connectivity index (χ0n) is 40.9. The molecule has 0 aromatic rings. The molecule has 0 aliphatic rings. The molecule has 6 nitrogen and oxygen atoms in total. The van der Waals surface area contributed by atoms with Crippen molar-refractivity contribution < 1.29 is 24.5 Å². The van der Waals surface area contributed by atoms with Gasteiger partial charge in [-0.15, -0.1) is 0 Å². The van der Waals surface area contributed by atoms with Crippen LogP contribution in [0.15, 0.2) is 24.3 Å². The number of carbonyl (C=O) groups is 2. The highest BCUT2D eigenvalue weighted by atomic mass is 16.5. The Bertz CT molecular complexity index is 951. The summed E-state index contributed by atoms with van der Waals surface area (Å²) < 4.78 is 5.47. The van der Waals surface area contributed by atoms with E-state index in [1.165, 1.54) is 193 Å². The number of ether oxygens (including phenoxy) is 1. The minimum Gasteiger partial charge on any atom is -0.466 e. The third-order valence-corrected chi connectivity index (χ3v) is 12.5. The van der Waals surface area contributed by atoms with E-state index in [1.807, 2.05) is 0 Å². The molecular formula is C55H105NO5. The van der Waals surface area contributed by atoms with Gasteiger partial charge in [-0.25, -0.2) is 0 Å². The first kappa shape index (κ1) is 59.3. The summed E-state index contributed by atoms with van der Waals surface area (Å²) in [5, 5.41) is 23.1. The smallest absolute Gasteiger partial charge is 0.305 e. The van der Waals surface area contributed by atoms with E-state index < -0.39 is 12.1 Å². The lowest BCUT2D eigenvalue weighted by Gasteiger charge is -2.22. The molecule has 0 aliphatic carbocycles. The van der Waals surface area contributed by atoms with E-state index in [4.69, 9.17) is 4.74 Å². The molecule has 2 atom stereocenters. The molecule has 0 aliphatic heterocycles. The SMILES string of the molecule is CCCCCCCCC/C=C\CCCCCCCCCC(=O)OCCCCCCCCC/C=C\CCCCCCCC(=O)NC(CO)C(O)CCCCCCCCCCCC. The van der Waals surface area contributed by atoms with Crippen LogP contribution in [0.1, 0.15) is 290 Å². The molecule has 61 heavy (non-hydrogen) atoms. The fraction of sp³-hybridized carbons (Fsp3) is 0.891. The van der Waals surface area contributed by atoms with Gasteiger partial charge in [0.2, 0.25) is 5.91 Å². The Kier molecular flexibility index (Phi) is 49.6. The van der Waals surface area contributed by atoms with Crippen molar-refractivity contribution in [1.82, 2.24) is 5.32 Å². The number of nitrogens with one attached hydrogen (secondary N) is 1. The van der Waals surface area contributed by atoms with E-state index in [9.17, 15) is 19.8 Å². The number of aliphatic hydroxyl groups excluding tert-OH is 2. The van der Waals surface area contributed by atoms with Gasteiger partial charge in [0, 0.05) is 12.8 Å². The first-order valence-electron chi connectivity index (χ1n) is 27.1. The minimum absolute atomic E-state index is 0.00600. The molecule has 0 bridgehead atoms. The monoisotopic (exact) mass is 860 g/mol. The molecule has 360 valence electrons. The van der Waals surface area contributed by atoms with Crippen LogP contribution in [0.2, 0.25) is 0 Å². The van der Waals surface area contributed by atoms with E-state index in [0.29, 0.717) is 25.9 Å². The lowest BCUT2D eigenvalue weighted by Crippen LogP contribution is -2.45. The van der Waals surface area contributed by atoms with Gasteiger partial charge >= 0.3 is 5.97 Å². The van der Waals surface area contributed by atoms with Crippen molar-refractivity contribution in [1.29, 1.82) is 0 Å². The van der Waals surface area contributed by atoms with E-state index in [0.717, 1.165) is 64.2 Å². The summed E-state index contributed by atoms with van der Waals surface area (Å²) in [6.07, 6.45) is 60.2. The molecule has 0 fully saturated rings. The molecule has 0 heterocycles. The van der Waals surface area contributed by atoms with Crippen LogP contribution in [0.3, 0.4) is 0 Å². The third-order valence-electron chi connectivity index (χ3n) is 12.5. The Morgan fingerprint density at radius 1 is 0.443 bits per heavy atom. The van der Waals surface area contributed by atoms with Gasteiger partial charge in [0.1, 0.15) is 0 Å². The Morgan fingerprint density at radius 3 is 1.16 bits per heavy atom. The second-order valence-corrected chi connectivity index (χ2v) is 18.6. The van der Waals surface area contributed by atoms with Crippen LogP contribution in [0.25, 0.3) is 0 Å². The average molecular weight is 860 g/mol. The van der Waals surface area contributed by atoms with Crippen LogP contribution in [0.4, 0.5) is 0 Å². The van der Waals surface area contributed by atoms with E-state index in [-0.39, 0.29) is 18.5 Å². The van der Waals surface area contributed by atoms with Gasteiger partial charge in [0.15, 0.2) is 0 Å². The summed E-state index contributed by atoms with van der Waals surface area (Å²) in [5.74, 6) is -0.0599. The molecule has 0 radical (unpaired) electrons. The normalized spacial score (nSPS) is 12.8. The molecule has 1 amide bonds. The molecule has 3 N–H and O–H groups in total. The fourth-order valence-corrected chi connectivity index (χ4v) is 8.28. The second kappa shape index (κ2) is 51.0. The number of rotatable bonds is 50. The summed E-state index contributed by atoms with van der Waals surface area (Å²) in [4.78, 5) is 24.5. The van der Waals surface area contributed by atoms with Crippen molar-refractivity contribution >= 4 is 11.9 Å². The van der Waals surface area contributed by atoms with Gasteiger partial charge in [0.05, 0.1) is 25.4 Å². The first-order chi connectivity index (χ1) is 30.0. The Labute approximate surface area is 380 Å². The molecule has 0 saturated heterocycles. The maximum atomic E-state index is 12.4. The van der Waals surface area contributed by atoms with Gasteiger partial charge in [-0.1, -0.05) is 224 Å². The van der Waals surface area contributed by atoms with Crippen molar-refractivity contribution in [3.63, 3.8) is 0 Å². The number of hydrogen-bond donors (Lipinski definition) is 3. The van der Waals surface area contributed by atoms with Crippen LogP contribution in [-0.4, -0.2) is 47.4 Å². The number of allylic oxidation sites excluding steroid dienone is 4. The highest BCUT2D eigenvalue weighted by Crippen LogP contribution is 2.16. The van der Waals surface area contributed by atoms with Crippen molar-refractivity contribution in [3.8, 4) is 0 Å². The number of carbonyl (C=O) groups excluding carboxylic acids is 2. The molecule has 2 unspecified atom stereocenters. The zero-order valence-corrected chi connectivity index (χ0v) is 40.9. The molecule has 0 saturated carbocycles. The van der Waals surface area contributed by atoms with Gasteiger partial charge in [0.25, 0.3) is 0 Å². The highest BCUT2D eigenvalue weighted by molar-refractivity contribution is 5.76. The molecule has 0 aromatic heterocycles. The van der Waals surface area contributed by atoms with E-state index in [2.05, 4.69) is 43.5 Å². The summed E-state index contributed by atoms with van der Waals surface area (Å²) >= 11 is 0. The van der Waals surface area contributed by atoms with Crippen molar-refractivity contribution in [3.05, 3.63) is 24.3 Å².